The molecule has 144 valence electrons. The number of halogens is 2. The van der Waals surface area contributed by atoms with Crippen molar-refractivity contribution in [3.05, 3.63) is 53.7 Å². The van der Waals surface area contributed by atoms with E-state index in [1.807, 2.05) is 6.07 Å². The van der Waals surface area contributed by atoms with E-state index < -0.39 is 17.7 Å². The summed E-state index contributed by atoms with van der Waals surface area (Å²) in [5, 5.41) is 9.08. The van der Waals surface area contributed by atoms with E-state index in [0.717, 1.165) is 11.8 Å². The molecule has 0 atom stereocenters. The SMILES string of the molecule is CC(C)(Cc1cccc(-c2cccc(F)c2F)n1)N1CCN(C(=O)O)CC1. The van der Waals surface area contributed by atoms with Gasteiger partial charge in [0.05, 0.1) is 5.69 Å². The summed E-state index contributed by atoms with van der Waals surface area (Å²) in [4.78, 5) is 19.3. The molecular weight excluding hydrogens is 352 g/mol. The van der Waals surface area contributed by atoms with Crippen molar-refractivity contribution in [2.24, 2.45) is 0 Å². The van der Waals surface area contributed by atoms with Crippen molar-refractivity contribution >= 4 is 6.09 Å². The molecule has 1 aliphatic heterocycles. The summed E-state index contributed by atoms with van der Waals surface area (Å²) in [6.07, 6.45) is -0.274. The first-order valence-electron chi connectivity index (χ1n) is 8.91. The van der Waals surface area contributed by atoms with Crippen molar-refractivity contribution in [1.82, 2.24) is 14.8 Å². The lowest BCUT2D eigenvalue weighted by Gasteiger charge is -2.43. The number of nitrogens with zero attached hydrogens (tertiary/aromatic N) is 3. The third-order valence-corrected chi connectivity index (χ3v) is 5.05. The Balaban J connectivity index is 1.76. The van der Waals surface area contributed by atoms with Crippen LogP contribution in [0.5, 0.6) is 0 Å². The molecule has 1 aliphatic rings. The number of carbonyl (C=O) groups is 1. The summed E-state index contributed by atoms with van der Waals surface area (Å²) in [6, 6.07) is 9.40. The quantitative estimate of drug-likeness (QED) is 0.886. The van der Waals surface area contributed by atoms with Gasteiger partial charge in [0, 0.05) is 49.4 Å². The van der Waals surface area contributed by atoms with Crippen LogP contribution in [0.3, 0.4) is 0 Å². The molecule has 0 saturated carbocycles. The van der Waals surface area contributed by atoms with E-state index in [4.69, 9.17) is 5.11 Å². The van der Waals surface area contributed by atoms with Crippen LogP contribution in [0.25, 0.3) is 11.3 Å². The standard InChI is InChI=1S/C20H23F2N3O2/c1-20(2,25-11-9-24(10-12-25)19(26)27)13-14-5-3-8-17(23-14)15-6-4-7-16(21)18(15)22/h3-8H,9-13H2,1-2H3,(H,26,27). The molecule has 0 bridgehead atoms. The molecule has 0 spiro atoms. The van der Waals surface area contributed by atoms with E-state index in [9.17, 15) is 13.6 Å². The van der Waals surface area contributed by atoms with Crippen LogP contribution in [0.4, 0.5) is 13.6 Å². The third-order valence-electron chi connectivity index (χ3n) is 5.05. The van der Waals surface area contributed by atoms with Crippen molar-refractivity contribution in [3.63, 3.8) is 0 Å². The van der Waals surface area contributed by atoms with Gasteiger partial charge in [0.25, 0.3) is 0 Å². The van der Waals surface area contributed by atoms with E-state index >= 15 is 0 Å². The Morgan fingerprint density at radius 2 is 1.78 bits per heavy atom. The van der Waals surface area contributed by atoms with Gasteiger partial charge in [0.2, 0.25) is 0 Å². The predicted molar refractivity (Wildman–Crippen MR) is 98.5 cm³/mol. The minimum atomic E-state index is -0.897. The molecule has 3 rings (SSSR count). The Kier molecular flexibility index (Phi) is 5.41. The van der Waals surface area contributed by atoms with Crippen LogP contribution in [0.1, 0.15) is 19.5 Å². The normalized spacial score (nSPS) is 15.8. The first-order valence-corrected chi connectivity index (χ1v) is 8.91. The maximum Gasteiger partial charge on any atom is 0.407 e. The number of carboxylic acid groups (broad SMARTS) is 1. The number of pyridine rings is 1. The molecule has 1 saturated heterocycles. The number of amides is 1. The van der Waals surface area contributed by atoms with Gasteiger partial charge in [-0.05, 0) is 38.1 Å². The van der Waals surface area contributed by atoms with Crippen molar-refractivity contribution in [2.45, 2.75) is 25.8 Å². The van der Waals surface area contributed by atoms with Crippen LogP contribution < -0.4 is 0 Å². The third kappa shape index (κ3) is 4.24. The molecule has 2 aromatic rings. The van der Waals surface area contributed by atoms with E-state index in [0.29, 0.717) is 38.3 Å². The van der Waals surface area contributed by atoms with Crippen LogP contribution in [-0.4, -0.2) is 57.7 Å². The maximum atomic E-state index is 14.1. The van der Waals surface area contributed by atoms with Crippen molar-refractivity contribution < 1.29 is 18.7 Å². The molecule has 2 heterocycles. The molecule has 27 heavy (non-hydrogen) atoms. The summed E-state index contributed by atoms with van der Waals surface area (Å²) >= 11 is 0. The Labute approximate surface area is 157 Å². The van der Waals surface area contributed by atoms with Crippen LogP contribution in [0.2, 0.25) is 0 Å². The highest BCUT2D eigenvalue weighted by Crippen LogP contribution is 2.25. The Morgan fingerprint density at radius 3 is 2.44 bits per heavy atom. The highest BCUT2D eigenvalue weighted by molar-refractivity contribution is 5.65. The molecular formula is C20H23F2N3O2. The van der Waals surface area contributed by atoms with Gasteiger partial charge in [-0.15, -0.1) is 0 Å². The lowest BCUT2D eigenvalue weighted by atomic mass is 9.94. The van der Waals surface area contributed by atoms with Gasteiger partial charge in [-0.2, -0.15) is 0 Å². The van der Waals surface area contributed by atoms with Crippen LogP contribution in [0.15, 0.2) is 36.4 Å². The number of aromatic nitrogens is 1. The Morgan fingerprint density at radius 1 is 1.11 bits per heavy atom. The highest BCUT2D eigenvalue weighted by atomic mass is 19.2. The fraction of sp³-hybridized carbons (Fsp3) is 0.400. The fourth-order valence-electron chi connectivity index (χ4n) is 3.49. The molecule has 1 aromatic heterocycles. The Hall–Kier alpha value is -2.54. The monoisotopic (exact) mass is 375 g/mol. The minimum absolute atomic E-state index is 0.143. The van der Waals surface area contributed by atoms with Gasteiger partial charge in [-0.3, -0.25) is 9.88 Å². The molecule has 7 heteroatoms. The van der Waals surface area contributed by atoms with Crippen molar-refractivity contribution in [3.8, 4) is 11.3 Å². The van der Waals surface area contributed by atoms with Crippen molar-refractivity contribution in [1.29, 1.82) is 0 Å². The predicted octanol–water partition coefficient (Wildman–Crippen LogP) is 3.64. The zero-order chi connectivity index (χ0) is 19.6. The van der Waals surface area contributed by atoms with Crippen molar-refractivity contribution in [2.75, 3.05) is 26.2 Å². The van der Waals surface area contributed by atoms with E-state index in [2.05, 4.69) is 23.7 Å². The van der Waals surface area contributed by atoms with Gasteiger partial charge >= 0.3 is 6.09 Å². The highest BCUT2D eigenvalue weighted by Gasteiger charge is 2.31. The number of piperazine rings is 1. The smallest absolute Gasteiger partial charge is 0.407 e. The van der Waals surface area contributed by atoms with Gasteiger partial charge < -0.3 is 10.0 Å². The van der Waals surface area contributed by atoms with Gasteiger partial charge in [-0.1, -0.05) is 12.1 Å². The number of rotatable bonds is 4. The van der Waals surface area contributed by atoms with Gasteiger partial charge in [0.1, 0.15) is 0 Å². The number of hydrogen-bond acceptors (Lipinski definition) is 3. The molecule has 0 unspecified atom stereocenters. The summed E-state index contributed by atoms with van der Waals surface area (Å²) in [7, 11) is 0. The average Bonchev–Trinajstić information content (AvgIpc) is 2.64. The lowest BCUT2D eigenvalue weighted by Crippen LogP contribution is -2.56. The molecule has 0 aliphatic carbocycles. The molecule has 1 amide bonds. The Bertz CT molecular complexity index is 834. The van der Waals surface area contributed by atoms with Crippen LogP contribution in [0, 0.1) is 11.6 Å². The first kappa shape index (κ1) is 19.2. The van der Waals surface area contributed by atoms with E-state index in [-0.39, 0.29) is 11.1 Å². The zero-order valence-corrected chi connectivity index (χ0v) is 15.5. The van der Waals surface area contributed by atoms with Crippen LogP contribution in [-0.2, 0) is 6.42 Å². The minimum Gasteiger partial charge on any atom is -0.465 e. The molecule has 0 radical (unpaired) electrons. The maximum absolute atomic E-state index is 14.1. The summed E-state index contributed by atoms with van der Waals surface area (Å²) < 4.78 is 27.6. The molecule has 1 N–H and O–H groups in total. The summed E-state index contributed by atoms with van der Waals surface area (Å²) in [6.45, 7) is 6.41. The molecule has 1 fully saturated rings. The number of benzene rings is 1. The first-order chi connectivity index (χ1) is 12.8. The van der Waals surface area contributed by atoms with Gasteiger partial charge in [0.15, 0.2) is 11.6 Å². The number of hydrogen-bond donors (Lipinski definition) is 1. The fourth-order valence-corrected chi connectivity index (χ4v) is 3.49. The lowest BCUT2D eigenvalue weighted by molar-refractivity contribution is 0.0510. The second kappa shape index (κ2) is 7.60. The summed E-state index contributed by atoms with van der Waals surface area (Å²) in [5.41, 5.74) is 1.08. The average molecular weight is 375 g/mol. The zero-order valence-electron chi connectivity index (χ0n) is 15.5. The molecule has 1 aromatic carbocycles. The summed E-state index contributed by atoms with van der Waals surface area (Å²) in [5.74, 6) is -1.79. The van der Waals surface area contributed by atoms with Gasteiger partial charge in [-0.25, -0.2) is 13.6 Å². The van der Waals surface area contributed by atoms with E-state index in [1.165, 1.54) is 17.0 Å². The largest absolute Gasteiger partial charge is 0.465 e. The topological polar surface area (TPSA) is 56.7 Å². The molecule has 5 nitrogen and oxygen atoms in total. The van der Waals surface area contributed by atoms with E-state index in [1.54, 1.807) is 12.1 Å². The second-order valence-electron chi connectivity index (χ2n) is 7.36. The second-order valence-corrected chi connectivity index (χ2v) is 7.36. The van der Waals surface area contributed by atoms with Crippen LogP contribution >= 0.6 is 0 Å².